The van der Waals surface area contributed by atoms with Gasteiger partial charge in [0.2, 0.25) is 0 Å². The van der Waals surface area contributed by atoms with Crippen molar-refractivity contribution in [3.63, 3.8) is 0 Å². The van der Waals surface area contributed by atoms with Gasteiger partial charge in [0.15, 0.2) is 0 Å². The molecule has 0 aliphatic heterocycles. The molecule has 0 fully saturated rings. The summed E-state index contributed by atoms with van der Waals surface area (Å²) in [6, 6.07) is 5.31. The molecule has 0 radical (unpaired) electrons. The number of alkyl halides is 3. The molecule has 0 saturated heterocycles. The molecule has 0 aliphatic carbocycles. The summed E-state index contributed by atoms with van der Waals surface area (Å²) in [5.74, 6) is -1.94. The fourth-order valence-corrected chi connectivity index (χ4v) is 2.12. The third-order valence-electron chi connectivity index (χ3n) is 3.18. The fraction of sp³-hybridized carbons (Fsp3) is 0.562. The van der Waals surface area contributed by atoms with Crippen molar-refractivity contribution in [1.82, 2.24) is 0 Å². The normalized spacial score (nSPS) is 13.2. The van der Waals surface area contributed by atoms with Gasteiger partial charge in [-0.3, -0.25) is 4.79 Å². The van der Waals surface area contributed by atoms with E-state index in [-0.39, 0.29) is 16.5 Å². The molecule has 1 rings (SSSR count). The molecule has 1 N–H and O–H groups in total. The van der Waals surface area contributed by atoms with Crippen LogP contribution in [-0.2, 0) is 15.6 Å². The first-order chi connectivity index (χ1) is 9.24. The van der Waals surface area contributed by atoms with E-state index < -0.39 is 12.1 Å². The Morgan fingerprint density at radius 3 is 1.57 bits per heavy atom. The highest BCUT2D eigenvalue weighted by molar-refractivity contribution is 5.96. The number of amides is 1. The van der Waals surface area contributed by atoms with E-state index in [0.717, 1.165) is 0 Å². The lowest BCUT2D eigenvalue weighted by Crippen LogP contribution is -2.32. The molecule has 21 heavy (non-hydrogen) atoms. The summed E-state index contributed by atoms with van der Waals surface area (Å²) in [5.41, 5.74) is 0.880. The molecule has 118 valence electrons. The Bertz CT molecular complexity index is 502. The van der Waals surface area contributed by atoms with Crippen LogP contribution in [0, 0.1) is 0 Å². The van der Waals surface area contributed by atoms with E-state index >= 15 is 0 Å². The van der Waals surface area contributed by atoms with Crippen molar-refractivity contribution >= 4 is 11.6 Å². The van der Waals surface area contributed by atoms with Crippen LogP contribution in [0.25, 0.3) is 0 Å². The largest absolute Gasteiger partial charge is 0.471 e. The van der Waals surface area contributed by atoms with Crippen molar-refractivity contribution in [2.75, 3.05) is 5.32 Å². The Balaban J connectivity index is 3.48. The van der Waals surface area contributed by atoms with Crippen molar-refractivity contribution in [2.45, 2.75) is 58.5 Å². The molecular formula is C16H22F3NO. The monoisotopic (exact) mass is 301 g/mol. The second-order valence-corrected chi connectivity index (χ2v) is 7.18. The Morgan fingerprint density at radius 2 is 1.29 bits per heavy atom. The molecule has 0 aromatic heterocycles. The van der Waals surface area contributed by atoms with Gasteiger partial charge in [-0.1, -0.05) is 59.7 Å². The topological polar surface area (TPSA) is 29.1 Å². The van der Waals surface area contributed by atoms with E-state index in [2.05, 4.69) is 5.32 Å². The number of rotatable bonds is 1. The predicted octanol–water partition coefficient (Wildman–Crippen LogP) is 4.78. The quantitative estimate of drug-likeness (QED) is 0.794. The third-order valence-corrected chi connectivity index (χ3v) is 3.18. The van der Waals surface area contributed by atoms with Gasteiger partial charge in [-0.2, -0.15) is 13.2 Å². The van der Waals surface area contributed by atoms with Crippen LogP contribution in [-0.4, -0.2) is 12.1 Å². The third kappa shape index (κ3) is 4.22. The number of nitrogens with one attached hydrogen (secondary N) is 1. The molecule has 1 aromatic rings. The summed E-state index contributed by atoms with van der Waals surface area (Å²) in [4.78, 5) is 11.4. The summed E-state index contributed by atoms with van der Waals surface area (Å²) in [5, 5.41) is 2.07. The van der Waals surface area contributed by atoms with Crippen molar-refractivity contribution < 1.29 is 18.0 Å². The van der Waals surface area contributed by atoms with E-state index in [4.69, 9.17) is 0 Å². The van der Waals surface area contributed by atoms with Crippen LogP contribution >= 0.6 is 0 Å². The Hall–Kier alpha value is -1.52. The number of hydrogen-bond donors (Lipinski definition) is 1. The summed E-state index contributed by atoms with van der Waals surface area (Å²) < 4.78 is 37.7. The van der Waals surface area contributed by atoms with Gasteiger partial charge in [-0.15, -0.1) is 0 Å². The zero-order valence-corrected chi connectivity index (χ0v) is 13.3. The summed E-state index contributed by atoms with van der Waals surface area (Å²) in [6.07, 6.45) is -4.90. The minimum absolute atomic E-state index is 0.264. The molecule has 0 aliphatic rings. The van der Waals surface area contributed by atoms with E-state index in [0.29, 0.717) is 11.1 Å². The lowest BCUT2D eigenvalue weighted by molar-refractivity contribution is -0.167. The highest BCUT2D eigenvalue weighted by Gasteiger charge is 2.40. The van der Waals surface area contributed by atoms with Crippen molar-refractivity contribution in [3.05, 3.63) is 29.3 Å². The van der Waals surface area contributed by atoms with Gasteiger partial charge >= 0.3 is 12.1 Å². The zero-order valence-electron chi connectivity index (χ0n) is 13.3. The summed E-state index contributed by atoms with van der Waals surface area (Å²) in [6.45, 7) is 11.4. The van der Waals surface area contributed by atoms with Crippen LogP contribution in [0.5, 0.6) is 0 Å². The minimum atomic E-state index is -4.90. The second kappa shape index (κ2) is 5.35. The second-order valence-electron chi connectivity index (χ2n) is 7.18. The number of carbonyl (C=O) groups excluding carboxylic acids is 1. The van der Waals surface area contributed by atoms with Crippen molar-refractivity contribution in [3.8, 4) is 0 Å². The van der Waals surface area contributed by atoms with Gasteiger partial charge < -0.3 is 5.32 Å². The number of anilines is 1. The lowest BCUT2D eigenvalue weighted by Gasteiger charge is -2.30. The average molecular weight is 301 g/mol. The first kappa shape index (κ1) is 17.5. The van der Waals surface area contributed by atoms with Gasteiger partial charge in [-0.25, -0.2) is 0 Å². The molecule has 0 spiro atoms. The van der Waals surface area contributed by atoms with E-state index in [1.165, 1.54) is 0 Å². The summed E-state index contributed by atoms with van der Waals surface area (Å²) in [7, 11) is 0. The number of halogens is 3. The first-order valence-corrected chi connectivity index (χ1v) is 6.77. The van der Waals surface area contributed by atoms with Crippen LogP contribution in [0.15, 0.2) is 18.2 Å². The SMILES string of the molecule is CC(C)(C)c1cccc(C(C)(C)C)c1NC(=O)C(F)(F)F. The predicted molar refractivity (Wildman–Crippen MR) is 78.5 cm³/mol. The lowest BCUT2D eigenvalue weighted by atomic mass is 9.78. The highest BCUT2D eigenvalue weighted by atomic mass is 19.4. The molecule has 0 unspecified atom stereocenters. The number of para-hydroxylation sites is 1. The van der Waals surface area contributed by atoms with Crippen LogP contribution in [0.2, 0.25) is 0 Å². The standard InChI is InChI=1S/C16H22F3NO/c1-14(2,3)10-8-7-9-11(15(4,5)6)12(10)20-13(21)16(17,18)19/h7-9H,1-6H3,(H,20,21). The first-order valence-electron chi connectivity index (χ1n) is 6.77. The van der Waals surface area contributed by atoms with Crippen molar-refractivity contribution in [2.24, 2.45) is 0 Å². The molecule has 0 saturated carbocycles. The number of hydrogen-bond acceptors (Lipinski definition) is 1. The van der Waals surface area contributed by atoms with E-state index in [9.17, 15) is 18.0 Å². The maximum absolute atomic E-state index is 12.6. The maximum Gasteiger partial charge on any atom is 0.471 e. The smallest absolute Gasteiger partial charge is 0.318 e. The van der Waals surface area contributed by atoms with Gasteiger partial charge in [0.05, 0.1) is 0 Å². The molecule has 0 atom stereocenters. The van der Waals surface area contributed by atoms with Crippen LogP contribution in [0.3, 0.4) is 0 Å². The molecule has 1 amide bonds. The van der Waals surface area contributed by atoms with Gasteiger partial charge in [0, 0.05) is 5.69 Å². The number of benzene rings is 1. The number of carbonyl (C=O) groups is 1. The minimum Gasteiger partial charge on any atom is -0.318 e. The Morgan fingerprint density at radius 1 is 0.905 bits per heavy atom. The highest BCUT2D eigenvalue weighted by Crippen LogP contribution is 2.38. The van der Waals surface area contributed by atoms with Crippen LogP contribution in [0.1, 0.15) is 52.7 Å². The van der Waals surface area contributed by atoms with Crippen molar-refractivity contribution in [1.29, 1.82) is 0 Å². The van der Waals surface area contributed by atoms with E-state index in [1.54, 1.807) is 12.1 Å². The molecular weight excluding hydrogens is 279 g/mol. The summed E-state index contributed by atoms with van der Waals surface area (Å²) >= 11 is 0. The fourth-order valence-electron chi connectivity index (χ4n) is 2.12. The van der Waals surface area contributed by atoms with Gasteiger partial charge in [0.25, 0.3) is 0 Å². The van der Waals surface area contributed by atoms with Crippen LogP contribution in [0.4, 0.5) is 18.9 Å². The Labute approximate surface area is 123 Å². The molecule has 2 nitrogen and oxygen atoms in total. The molecule has 5 heteroatoms. The Kier molecular flexibility index (Phi) is 4.47. The molecule has 1 aromatic carbocycles. The molecule has 0 bridgehead atoms. The van der Waals surface area contributed by atoms with Gasteiger partial charge in [0.1, 0.15) is 0 Å². The maximum atomic E-state index is 12.6. The van der Waals surface area contributed by atoms with Crippen LogP contribution < -0.4 is 5.32 Å². The molecule has 0 heterocycles. The zero-order chi connectivity index (χ0) is 16.6. The average Bonchev–Trinajstić information content (AvgIpc) is 2.24. The van der Waals surface area contributed by atoms with E-state index in [1.807, 2.05) is 47.6 Å². The van der Waals surface area contributed by atoms with Gasteiger partial charge in [-0.05, 0) is 22.0 Å².